The molecule has 0 saturated carbocycles. The Labute approximate surface area is 169 Å². The first-order chi connectivity index (χ1) is 12.7. The van der Waals surface area contributed by atoms with Crippen LogP contribution < -0.4 is 14.4 Å². The second kappa shape index (κ2) is 9.30. The van der Waals surface area contributed by atoms with Gasteiger partial charge in [0, 0.05) is 10.0 Å². The molecule has 0 heterocycles. The van der Waals surface area contributed by atoms with E-state index in [0.717, 1.165) is 16.1 Å². The highest BCUT2D eigenvalue weighted by atomic mass is 35.5. The van der Waals surface area contributed by atoms with Crippen LogP contribution in [0.2, 0.25) is 10.0 Å². The van der Waals surface area contributed by atoms with E-state index in [4.69, 9.17) is 27.9 Å². The number of amides is 1. The van der Waals surface area contributed by atoms with Crippen molar-refractivity contribution in [3.05, 3.63) is 58.1 Å². The number of hydrogen-bond acceptors (Lipinski definition) is 4. The minimum Gasteiger partial charge on any atom is -0.492 e. The molecule has 0 spiro atoms. The predicted molar refractivity (Wildman–Crippen MR) is 108 cm³/mol. The summed E-state index contributed by atoms with van der Waals surface area (Å²) in [5, 5.41) is 3.61. The van der Waals surface area contributed by atoms with Gasteiger partial charge in [-0.3, -0.25) is 9.10 Å². The van der Waals surface area contributed by atoms with Crippen molar-refractivity contribution in [3.8, 4) is 5.75 Å². The molecule has 0 aliphatic rings. The van der Waals surface area contributed by atoms with Gasteiger partial charge in [-0.05, 0) is 42.8 Å². The van der Waals surface area contributed by atoms with Crippen molar-refractivity contribution in [3.63, 3.8) is 0 Å². The van der Waals surface area contributed by atoms with Crippen molar-refractivity contribution in [2.45, 2.75) is 6.92 Å². The number of halogens is 2. The lowest BCUT2D eigenvalue weighted by Crippen LogP contribution is -2.41. The Bertz CT molecular complexity index is 919. The molecule has 146 valence electrons. The van der Waals surface area contributed by atoms with Crippen LogP contribution in [0.1, 0.15) is 5.56 Å². The monoisotopic (exact) mass is 430 g/mol. The summed E-state index contributed by atoms with van der Waals surface area (Å²) in [6, 6.07) is 11.6. The Morgan fingerprint density at radius 1 is 1.19 bits per heavy atom. The average Bonchev–Trinajstić information content (AvgIpc) is 2.58. The van der Waals surface area contributed by atoms with Crippen LogP contribution in [0.25, 0.3) is 0 Å². The Morgan fingerprint density at radius 3 is 2.56 bits per heavy atom. The van der Waals surface area contributed by atoms with E-state index < -0.39 is 15.9 Å². The normalized spacial score (nSPS) is 11.1. The van der Waals surface area contributed by atoms with E-state index >= 15 is 0 Å². The quantitative estimate of drug-likeness (QED) is 0.651. The average molecular weight is 431 g/mol. The molecule has 0 aliphatic heterocycles. The Hall–Kier alpha value is -1.96. The van der Waals surface area contributed by atoms with Crippen LogP contribution in [0.5, 0.6) is 5.75 Å². The summed E-state index contributed by atoms with van der Waals surface area (Å²) in [6.07, 6.45) is 1.03. The molecule has 0 unspecified atom stereocenters. The van der Waals surface area contributed by atoms with E-state index in [9.17, 15) is 13.2 Å². The second-order valence-electron chi connectivity index (χ2n) is 5.86. The standard InChI is InChI=1S/C18H20Cl2N2O4S/c1-13-6-7-16(11-17(13)20)26-9-8-21-18(23)12-22(27(2,24)25)15-5-3-4-14(19)10-15/h3-7,10-11H,8-9,12H2,1-2H3,(H,21,23). The molecule has 0 saturated heterocycles. The molecule has 1 N–H and O–H groups in total. The highest BCUT2D eigenvalue weighted by Gasteiger charge is 2.20. The van der Waals surface area contributed by atoms with Crippen LogP contribution in [0, 0.1) is 6.92 Å². The van der Waals surface area contributed by atoms with Crippen molar-refractivity contribution >= 4 is 44.8 Å². The SMILES string of the molecule is Cc1ccc(OCCNC(=O)CN(c2cccc(Cl)c2)S(C)(=O)=O)cc1Cl. The number of nitrogens with one attached hydrogen (secondary N) is 1. The fourth-order valence-electron chi connectivity index (χ4n) is 2.24. The Morgan fingerprint density at radius 2 is 1.93 bits per heavy atom. The first-order valence-corrected chi connectivity index (χ1v) is 10.7. The molecule has 0 radical (unpaired) electrons. The van der Waals surface area contributed by atoms with Gasteiger partial charge in [-0.25, -0.2) is 8.42 Å². The zero-order valence-electron chi connectivity index (χ0n) is 14.9. The summed E-state index contributed by atoms with van der Waals surface area (Å²) in [4.78, 5) is 12.1. The lowest BCUT2D eigenvalue weighted by molar-refractivity contribution is -0.119. The molecule has 0 aliphatic carbocycles. The summed E-state index contributed by atoms with van der Waals surface area (Å²) < 4.78 is 30.5. The van der Waals surface area contributed by atoms with E-state index in [1.807, 2.05) is 13.0 Å². The smallest absolute Gasteiger partial charge is 0.240 e. The maximum atomic E-state index is 12.1. The van der Waals surface area contributed by atoms with Gasteiger partial charge in [-0.1, -0.05) is 35.3 Å². The third-order valence-electron chi connectivity index (χ3n) is 3.62. The number of sulfonamides is 1. The van der Waals surface area contributed by atoms with Crippen LogP contribution in [0.3, 0.4) is 0 Å². The van der Waals surface area contributed by atoms with Crippen molar-refractivity contribution in [2.75, 3.05) is 30.3 Å². The molecular formula is C18H20Cl2N2O4S. The van der Waals surface area contributed by atoms with E-state index in [2.05, 4.69) is 5.32 Å². The van der Waals surface area contributed by atoms with Crippen molar-refractivity contribution < 1.29 is 17.9 Å². The van der Waals surface area contributed by atoms with Gasteiger partial charge in [-0.2, -0.15) is 0 Å². The minimum absolute atomic E-state index is 0.220. The number of rotatable bonds is 8. The number of nitrogens with zero attached hydrogens (tertiary/aromatic N) is 1. The summed E-state index contributed by atoms with van der Waals surface area (Å²) in [5.74, 6) is 0.141. The van der Waals surface area contributed by atoms with Gasteiger partial charge in [0.25, 0.3) is 0 Å². The number of aryl methyl sites for hydroxylation is 1. The fraction of sp³-hybridized carbons (Fsp3) is 0.278. The number of carbonyl (C=O) groups is 1. The molecule has 27 heavy (non-hydrogen) atoms. The van der Waals surface area contributed by atoms with Gasteiger partial charge >= 0.3 is 0 Å². The second-order valence-corrected chi connectivity index (χ2v) is 8.61. The van der Waals surface area contributed by atoms with Gasteiger partial charge in [0.1, 0.15) is 18.9 Å². The number of carbonyl (C=O) groups excluding carboxylic acids is 1. The van der Waals surface area contributed by atoms with E-state index in [0.29, 0.717) is 21.5 Å². The first-order valence-electron chi connectivity index (χ1n) is 8.06. The largest absolute Gasteiger partial charge is 0.492 e. The first kappa shape index (κ1) is 21.3. The summed E-state index contributed by atoms with van der Waals surface area (Å²) in [7, 11) is -3.64. The molecule has 0 atom stereocenters. The van der Waals surface area contributed by atoms with Crippen LogP contribution in [0.15, 0.2) is 42.5 Å². The highest BCUT2D eigenvalue weighted by molar-refractivity contribution is 7.92. The maximum absolute atomic E-state index is 12.1. The number of anilines is 1. The van der Waals surface area contributed by atoms with E-state index in [1.165, 1.54) is 6.07 Å². The van der Waals surface area contributed by atoms with Gasteiger partial charge in [0.05, 0.1) is 18.5 Å². The highest BCUT2D eigenvalue weighted by Crippen LogP contribution is 2.22. The predicted octanol–water partition coefficient (Wildman–Crippen LogP) is 3.26. The molecule has 6 nitrogen and oxygen atoms in total. The van der Waals surface area contributed by atoms with Crippen molar-refractivity contribution in [1.82, 2.24) is 5.32 Å². The van der Waals surface area contributed by atoms with Crippen LogP contribution >= 0.6 is 23.2 Å². The molecule has 0 bridgehead atoms. The maximum Gasteiger partial charge on any atom is 0.240 e. The zero-order chi connectivity index (χ0) is 20.0. The minimum atomic E-state index is -3.64. The summed E-state index contributed by atoms with van der Waals surface area (Å²) in [5.41, 5.74) is 1.27. The number of ether oxygens (including phenoxy) is 1. The number of benzene rings is 2. The van der Waals surface area contributed by atoms with Crippen molar-refractivity contribution in [2.24, 2.45) is 0 Å². The summed E-state index contributed by atoms with van der Waals surface area (Å²) in [6.45, 7) is 1.98. The van der Waals surface area contributed by atoms with Crippen molar-refractivity contribution in [1.29, 1.82) is 0 Å². The molecule has 2 aromatic rings. The zero-order valence-corrected chi connectivity index (χ0v) is 17.2. The third-order valence-corrected chi connectivity index (χ3v) is 5.40. The Balaban J connectivity index is 1.89. The van der Waals surface area contributed by atoms with Crippen LogP contribution in [0.4, 0.5) is 5.69 Å². The van der Waals surface area contributed by atoms with Gasteiger partial charge < -0.3 is 10.1 Å². The van der Waals surface area contributed by atoms with Gasteiger partial charge in [0.15, 0.2) is 0 Å². The molecule has 2 aromatic carbocycles. The topological polar surface area (TPSA) is 75.7 Å². The molecular weight excluding hydrogens is 411 g/mol. The van der Waals surface area contributed by atoms with E-state index in [-0.39, 0.29) is 19.7 Å². The van der Waals surface area contributed by atoms with Gasteiger partial charge in [-0.15, -0.1) is 0 Å². The molecule has 9 heteroatoms. The van der Waals surface area contributed by atoms with Gasteiger partial charge in [0.2, 0.25) is 15.9 Å². The molecule has 2 rings (SSSR count). The van der Waals surface area contributed by atoms with Crippen LogP contribution in [-0.2, 0) is 14.8 Å². The molecule has 1 amide bonds. The summed E-state index contributed by atoms with van der Waals surface area (Å²) >= 11 is 11.9. The Kier molecular flexibility index (Phi) is 7.35. The fourth-order valence-corrected chi connectivity index (χ4v) is 3.44. The lowest BCUT2D eigenvalue weighted by Gasteiger charge is -2.22. The van der Waals surface area contributed by atoms with Crippen LogP contribution in [-0.4, -0.2) is 40.3 Å². The van der Waals surface area contributed by atoms with E-state index in [1.54, 1.807) is 30.3 Å². The molecule has 0 fully saturated rings. The number of hydrogen-bond donors (Lipinski definition) is 1. The third kappa shape index (κ3) is 6.61. The molecule has 0 aromatic heterocycles. The lowest BCUT2D eigenvalue weighted by atomic mass is 10.2.